The Morgan fingerprint density at radius 3 is 2.32 bits per heavy atom. The second kappa shape index (κ2) is 6.36. The van der Waals surface area contributed by atoms with Gasteiger partial charge in [0.2, 0.25) is 0 Å². The van der Waals surface area contributed by atoms with Gasteiger partial charge >= 0.3 is 5.63 Å². The Bertz CT molecular complexity index is 1180. The van der Waals surface area contributed by atoms with Gasteiger partial charge < -0.3 is 4.42 Å². The highest BCUT2D eigenvalue weighted by Gasteiger charge is 2.07. The van der Waals surface area contributed by atoms with Gasteiger partial charge in [0.15, 0.2) is 0 Å². The van der Waals surface area contributed by atoms with E-state index in [1.165, 1.54) is 0 Å². The lowest BCUT2D eigenvalue weighted by atomic mass is 10.1. The van der Waals surface area contributed by atoms with Crippen LogP contribution in [0.5, 0.6) is 0 Å². The first kappa shape index (κ1) is 15.9. The molecule has 1 heterocycles. The van der Waals surface area contributed by atoms with E-state index in [2.05, 4.69) is 4.99 Å². The van der Waals surface area contributed by atoms with E-state index in [0.717, 1.165) is 10.8 Å². The van der Waals surface area contributed by atoms with Crippen molar-refractivity contribution in [1.29, 1.82) is 0 Å². The van der Waals surface area contributed by atoms with Crippen molar-refractivity contribution >= 4 is 56.8 Å². The fourth-order valence-electron chi connectivity index (χ4n) is 2.72. The molecule has 0 spiro atoms. The lowest BCUT2D eigenvalue weighted by Gasteiger charge is -2.03. The zero-order valence-electron chi connectivity index (χ0n) is 12.9. The molecule has 0 N–H and O–H groups in total. The van der Waals surface area contributed by atoms with Gasteiger partial charge in [0.25, 0.3) is 0 Å². The van der Waals surface area contributed by atoms with Gasteiger partial charge in [-0.3, -0.25) is 4.99 Å². The van der Waals surface area contributed by atoms with E-state index in [-0.39, 0.29) is 5.63 Å². The van der Waals surface area contributed by atoms with Crippen LogP contribution in [0.15, 0.2) is 74.9 Å². The third-order valence-electron chi connectivity index (χ3n) is 3.95. The summed E-state index contributed by atoms with van der Waals surface area (Å²) in [6.45, 7) is 0. The average molecular weight is 368 g/mol. The first-order chi connectivity index (χ1) is 12.1. The molecule has 4 aromatic rings. The fourth-order valence-corrected chi connectivity index (χ4v) is 3.22. The van der Waals surface area contributed by atoms with Gasteiger partial charge in [-0.05, 0) is 35.7 Å². The van der Waals surface area contributed by atoms with Crippen LogP contribution in [-0.4, -0.2) is 6.21 Å². The van der Waals surface area contributed by atoms with Crippen molar-refractivity contribution in [1.82, 2.24) is 0 Å². The van der Waals surface area contributed by atoms with E-state index < -0.39 is 0 Å². The van der Waals surface area contributed by atoms with E-state index in [0.29, 0.717) is 32.3 Å². The van der Waals surface area contributed by atoms with Crippen LogP contribution in [0, 0.1) is 0 Å². The molecule has 0 aliphatic rings. The number of nitrogens with zero attached hydrogens (tertiary/aromatic N) is 1. The lowest BCUT2D eigenvalue weighted by Crippen LogP contribution is -1.99. The number of hydrogen-bond acceptors (Lipinski definition) is 3. The molecular weight excluding hydrogens is 357 g/mol. The fraction of sp³-hybridized carbons (Fsp3) is 0. The van der Waals surface area contributed by atoms with Crippen molar-refractivity contribution < 1.29 is 4.42 Å². The number of rotatable bonds is 2. The zero-order chi connectivity index (χ0) is 17.4. The van der Waals surface area contributed by atoms with Gasteiger partial charge in [-0.2, -0.15) is 0 Å². The van der Waals surface area contributed by atoms with Gasteiger partial charge in [0.1, 0.15) is 5.58 Å². The quantitative estimate of drug-likeness (QED) is 0.247. The summed E-state index contributed by atoms with van der Waals surface area (Å²) in [6.07, 6.45) is 1.60. The van der Waals surface area contributed by atoms with Gasteiger partial charge in [0.05, 0.1) is 21.1 Å². The molecule has 0 unspecified atom stereocenters. The minimum Gasteiger partial charge on any atom is -0.422 e. The Kier molecular flexibility index (Phi) is 4.04. The normalized spacial score (nSPS) is 11.6. The lowest BCUT2D eigenvalue weighted by molar-refractivity contribution is 0.570. The van der Waals surface area contributed by atoms with Crippen LogP contribution in [0.25, 0.3) is 21.7 Å². The maximum atomic E-state index is 12.1. The Morgan fingerprint density at radius 2 is 1.56 bits per heavy atom. The second-order valence-electron chi connectivity index (χ2n) is 5.51. The van der Waals surface area contributed by atoms with Gasteiger partial charge in [-0.1, -0.05) is 47.5 Å². The van der Waals surface area contributed by atoms with E-state index in [9.17, 15) is 4.79 Å². The molecule has 0 aliphatic heterocycles. The van der Waals surface area contributed by atoms with Crippen LogP contribution in [0.3, 0.4) is 0 Å². The van der Waals surface area contributed by atoms with Crippen LogP contribution in [0.4, 0.5) is 5.69 Å². The molecule has 25 heavy (non-hydrogen) atoms. The molecule has 3 nitrogen and oxygen atoms in total. The number of benzene rings is 3. The first-order valence-corrected chi connectivity index (χ1v) is 8.33. The van der Waals surface area contributed by atoms with Crippen LogP contribution in [0.1, 0.15) is 5.56 Å². The Hall–Kier alpha value is -2.62. The maximum Gasteiger partial charge on any atom is 0.344 e. The van der Waals surface area contributed by atoms with E-state index in [1.807, 2.05) is 30.3 Å². The molecule has 5 heteroatoms. The molecular formula is C20H11Cl2NO2. The minimum atomic E-state index is -0.363. The number of halogens is 2. The summed E-state index contributed by atoms with van der Waals surface area (Å²) in [7, 11) is 0. The third-order valence-corrected chi connectivity index (χ3v) is 4.61. The van der Waals surface area contributed by atoms with Gasteiger partial charge in [0, 0.05) is 23.2 Å². The summed E-state index contributed by atoms with van der Waals surface area (Å²) in [6, 6.07) is 18.1. The molecule has 0 bridgehead atoms. The van der Waals surface area contributed by atoms with Crippen molar-refractivity contribution in [3.8, 4) is 0 Å². The molecule has 1 aromatic heterocycles. The predicted octanol–water partition coefficient (Wildman–Crippen LogP) is 6.00. The van der Waals surface area contributed by atoms with Crippen LogP contribution in [-0.2, 0) is 0 Å². The number of fused-ring (bicyclic) bond motifs is 3. The molecule has 0 saturated heterocycles. The van der Waals surface area contributed by atoms with E-state index in [4.69, 9.17) is 27.6 Å². The summed E-state index contributed by atoms with van der Waals surface area (Å²) in [5.41, 5.74) is 1.41. The van der Waals surface area contributed by atoms with Crippen LogP contribution >= 0.6 is 23.2 Å². The molecule has 4 rings (SSSR count). The van der Waals surface area contributed by atoms with Crippen molar-refractivity contribution in [2.75, 3.05) is 0 Å². The summed E-state index contributed by atoms with van der Waals surface area (Å²) >= 11 is 12.3. The topological polar surface area (TPSA) is 42.6 Å². The van der Waals surface area contributed by atoms with E-state index in [1.54, 1.807) is 36.5 Å². The van der Waals surface area contributed by atoms with Gasteiger partial charge in [-0.25, -0.2) is 4.79 Å². The first-order valence-electron chi connectivity index (χ1n) is 7.57. The highest BCUT2D eigenvalue weighted by Crippen LogP contribution is 2.27. The van der Waals surface area contributed by atoms with E-state index >= 15 is 0 Å². The highest BCUT2D eigenvalue weighted by molar-refractivity contribution is 6.38. The van der Waals surface area contributed by atoms with Crippen LogP contribution < -0.4 is 5.63 Å². The summed E-state index contributed by atoms with van der Waals surface area (Å²) in [5.74, 6) is 0. The van der Waals surface area contributed by atoms with Crippen molar-refractivity contribution in [3.63, 3.8) is 0 Å². The smallest absolute Gasteiger partial charge is 0.344 e. The summed E-state index contributed by atoms with van der Waals surface area (Å²) in [4.78, 5) is 16.5. The SMILES string of the molecule is O=c1oc2cc(N=Cc3c(Cl)cccc3Cl)ccc2c2ccccc12. The number of aliphatic imine (C=N–C) groups is 1. The highest BCUT2D eigenvalue weighted by atomic mass is 35.5. The van der Waals surface area contributed by atoms with Crippen molar-refractivity contribution in [2.24, 2.45) is 4.99 Å². The zero-order valence-corrected chi connectivity index (χ0v) is 14.4. The standard InChI is InChI=1S/C20H11Cl2NO2/c21-17-6-3-7-18(22)16(17)11-23-12-8-9-14-13-4-1-2-5-15(13)20(24)25-19(14)10-12/h1-11H. The summed E-state index contributed by atoms with van der Waals surface area (Å²) < 4.78 is 5.43. The molecule has 0 fully saturated rings. The summed E-state index contributed by atoms with van der Waals surface area (Å²) in [5, 5.41) is 3.33. The van der Waals surface area contributed by atoms with Crippen molar-refractivity contribution in [3.05, 3.63) is 86.7 Å². The molecule has 3 aromatic carbocycles. The maximum absolute atomic E-state index is 12.1. The molecule has 0 atom stereocenters. The van der Waals surface area contributed by atoms with Crippen molar-refractivity contribution in [2.45, 2.75) is 0 Å². The largest absolute Gasteiger partial charge is 0.422 e. The Balaban J connectivity index is 1.83. The average Bonchev–Trinajstić information content (AvgIpc) is 2.61. The Morgan fingerprint density at radius 1 is 0.840 bits per heavy atom. The molecule has 0 saturated carbocycles. The molecule has 0 aliphatic carbocycles. The molecule has 0 radical (unpaired) electrons. The number of hydrogen-bond donors (Lipinski definition) is 0. The monoisotopic (exact) mass is 367 g/mol. The third kappa shape index (κ3) is 2.93. The van der Waals surface area contributed by atoms with Gasteiger partial charge in [-0.15, -0.1) is 0 Å². The Labute approximate surface area is 153 Å². The van der Waals surface area contributed by atoms with Crippen LogP contribution in [0.2, 0.25) is 10.0 Å². The second-order valence-corrected chi connectivity index (χ2v) is 6.32. The predicted molar refractivity (Wildman–Crippen MR) is 104 cm³/mol. The molecule has 0 amide bonds. The minimum absolute atomic E-state index is 0.363. The molecule has 122 valence electrons.